The number of carboxylic acids is 2. The molecule has 1 atom stereocenters. The number of hydrogen-bond acceptors (Lipinski definition) is 6. The maximum Gasteiger partial charge on any atom is 1.00 e. The number of carboxylic acid groups (broad SMARTS) is 2. The third-order valence-electron chi connectivity index (χ3n) is 1.20. The first-order valence-electron chi connectivity index (χ1n) is 3.33. The molecule has 0 aliphatic heterocycles. The molecule has 0 heterocycles. The van der Waals surface area contributed by atoms with Gasteiger partial charge in [-0.15, -0.1) is 0 Å². The van der Waals surface area contributed by atoms with Crippen molar-refractivity contribution >= 4 is 11.9 Å². The monoisotopic (exact) mass is 221 g/mol. The molecule has 0 amide bonds. The Morgan fingerprint density at radius 1 is 1.29 bits per heavy atom. The van der Waals surface area contributed by atoms with Crippen molar-refractivity contribution in [2.45, 2.75) is 12.5 Å². The number of carbonyl (C=O) groups is 2. The van der Waals surface area contributed by atoms with Crippen LogP contribution in [0.25, 0.3) is 0 Å². The number of carbonyl (C=O) groups excluding carboxylic acids is 2. The fourth-order valence-electron chi connectivity index (χ4n) is 0.639. The van der Waals surface area contributed by atoms with Gasteiger partial charge in [-0.05, 0) is 6.42 Å². The second-order valence-corrected chi connectivity index (χ2v) is 2.14. The van der Waals surface area contributed by atoms with E-state index in [0.29, 0.717) is 0 Å². The van der Waals surface area contributed by atoms with Crippen LogP contribution in [0.1, 0.15) is 6.42 Å². The standard InChI is InChI=1S/C6H11NO5.2Na/c8-2-1-4(6(11)12)7-3-5(9)10;;/h4,7-8H,1-3H2,(H,9,10)(H,11,12);;/q;2*+1/p-2. The van der Waals surface area contributed by atoms with Crippen molar-refractivity contribution in [3.63, 3.8) is 0 Å². The summed E-state index contributed by atoms with van der Waals surface area (Å²) in [5, 5.41) is 30.6. The second-order valence-electron chi connectivity index (χ2n) is 2.14. The summed E-state index contributed by atoms with van der Waals surface area (Å²) in [5.74, 6) is -2.84. The topological polar surface area (TPSA) is 113 Å². The average molecular weight is 221 g/mol. The molecule has 70 valence electrons. The van der Waals surface area contributed by atoms with Crippen LogP contribution in [-0.2, 0) is 9.59 Å². The molecule has 0 fully saturated rings. The van der Waals surface area contributed by atoms with Crippen LogP contribution >= 0.6 is 0 Å². The Morgan fingerprint density at radius 2 is 1.79 bits per heavy atom. The molecule has 2 N–H and O–H groups in total. The minimum Gasteiger partial charge on any atom is -0.549 e. The molecule has 0 bridgehead atoms. The number of aliphatic hydroxyl groups excluding tert-OH is 1. The normalized spacial score (nSPS) is 10.6. The van der Waals surface area contributed by atoms with Crippen molar-refractivity contribution in [1.82, 2.24) is 5.32 Å². The maximum atomic E-state index is 10.2. The molecule has 0 aliphatic carbocycles. The van der Waals surface area contributed by atoms with Crippen molar-refractivity contribution in [2.24, 2.45) is 0 Å². The van der Waals surface area contributed by atoms with Gasteiger partial charge in [-0.25, -0.2) is 0 Å². The van der Waals surface area contributed by atoms with E-state index in [-0.39, 0.29) is 72.1 Å². The van der Waals surface area contributed by atoms with Crippen LogP contribution in [0.3, 0.4) is 0 Å². The van der Waals surface area contributed by atoms with Crippen LogP contribution < -0.4 is 74.6 Å². The Kier molecular flexibility index (Phi) is 17.3. The minimum atomic E-state index is -1.44. The fourth-order valence-corrected chi connectivity index (χ4v) is 0.639. The Balaban J connectivity index is -0.000000605. The van der Waals surface area contributed by atoms with Gasteiger partial charge in [0.15, 0.2) is 0 Å². The van der Waals surface area contributed by atoms with E-state index in [1.807, 2.05) is 0 Å². The predicted molar refractivity (Wildman–Crippen MR) is 33.5 cm³/mol. The molecule has 0 aromatic rings. The SMILES string of the molecule is O=C([O-])CNC(CCO)C(=O)[O-].[Na+].[Na+]. The van der Waals surface area contributed by atoms with Gasteiger partial charge in [0, 0.05) is 19.2 Å². The Morgan fingerprint density at radius 3 is 2.07 bits per heavy atom. The van der Waals surface area contributed by atoms with Gasteiger partial charge in [-0.3, -0.25) is 0 Å². The summed E-state index contributed by atoms with van der Waals surface area (Å²) < 4.78 is 0. The molecular weight excluding hydrogens is 212 g/mol. The third kappa shape index (κ3) is 10.9. The van der Waals surface area contributed by atoms with Crippen LogP contribution in [0.4, 0.5) is 0 Å². The number of rotatable bonds is 6. The van der Waals surface area contributed by atoms with E-state index >= 15 is 0 Å². The van der Waals surface area contributed by atoms with E-state index in [2.05, 4.69) is 5.32 Å². The molecule has 0 spiro atoms. The molecule has 14 heavy (non-hydrogen) atoms. The summed E-state index contributed by atoms with van der Waals surface area (Å²) in [6, 6.07) is -1.15. The minimum absolute atomic E-state index is 0. The Labute approximate surface area is 126 Å². The summed E-state index contributed by atoms with van der Waals surface area (Å²) in [6.45, 7) is -0.919. The average Bonchev–Trinajstić information content (AvgIpc) is 1.96. The molecule has 0 rings (SSSR count). The Hall–Kier alpha value is 0.860. The van der Waals surface area contributed by atoms with Crippen LogP contribution in [0.2, 0.25) is 0 Å². The van der Waals surface area contributed by atoms with Crippen LogP contribution in [0.5, 0.6) is 0 Å². The van der Waals surface area contributed by atoms with Gasteiger partial charge >= 0.3 is 59.1 Å². The molecule has 0 radical (unpaired) electrons. The first-order chi connectivity index (χ1) is 5.57. The zero-order valence-electron chi connectivity index (χ0n) is 8.28. The van der Waals surface area contributed by atoms with Crippen molar-refractivity contribution in [1.29, 1.82) is 0 Å². The van der Waals surface area contributed by atoms with Crippen molar-refractivity contribution in [2.75, 3.05) is 13.2 Å². The molecule has 0 aromatic heterocycles. The van der Waals surface area contributed by atoms with Gasteiger partial charge in [-0.2, -0.15) is 0 Å². The van der Waals surface area contributed by atoms with Crippen molar-refractivity contribution in [3.05, 3.63) is 0 Å². The molecule has 0 aliphatic rings. The smallest absolute Gasteiger partial charge is 0.549 e. The number of aliphatic carboxylic acids is 2. The zero-order valence-corrected chi connectivity index (χ0v) is 12.3. The quantitative estimate of drug-likeness (QED) is 0.430. The molecule has 6 nitrogen and oxygen atoms in total. The first-order valence-corrected chi connectivity index (χ1v) is 3.33. The van der Waals surface area contributed by atoms with Gasteiger partial charge in [0.1, 0.15) is 0 Å². The van der Waals surface area contributed by atoms with E-state index in [4.69, 9.17) is 5.11 Å². The molecular formula is C6H9NNa2O5. The summed E-state index contributed by atoms with van der Waals surface area (Å²) in [7, 11) is 0. The van der Waals surface area contributed by atoms with Crippen molar-refractivity contribution < 1.29 is 84.0 Å². The van der Waals surface area contributed by atoms with Crippen LogP contribution in [0.15, 0.2) is 0 Å². The van der Waals surface area contributed by atoms with E-state index in [0.717, 1.165) is 0 Å². The van der Waals surface area contributed by atoms with Gasteiger partial charge in [0.25, 0.3) is 0 Å². The van der Waals surface area contributed by atoms with Crippen molar-refractivity contribution in [3.8, 4) is 0 Å². The summed E-state index contributed by atoms with van der Waals surface area (Å²) >= 11 is 0. The Bertz CT molecular complexity index is 178. The summed E-state index contributed by atoms with van der Waals surface area (Å²) in [4.78, 5) is 20.1. The largest absolute Gasteiger partial charge is 1.00 e. The molecule has 8 heteroatoms. The third-order valence-corrected chi connectivity index (χ3v) is 1.20. The number of nitrogens with one attached hydrogen (secondary N) is 1. The maximum absolute atomic E-state index is 10.2. The van der Waals surface area contributed by atoms with Crippen LogP contribution in [-0.4, -0.2) is 36.2 Å². The van der Waals surface area contributed by atoms with E-state index in [1.54, 1.807) is 0 Å². The summed E-state index contributed by atoms with van der Waals surface area (Å²) in [5.41, 5.74) is 0. The molecule has 0 saturated heterocycles. The molecule has 0 saturated carbocycles. The number of hydrogen-bond donors (Lipinski definition) is 2. The van der Waals surface area contributed by atoms with E-state index in [9.17, 15) is 19.8 Å². The molecule has 1 unspecified atom stereocenters. The van der Waals surface area contributed by atoms with Crippen LogP contribution in [0, 0.1) is 0 Å². The zero-order chi connectivity index (χ0) is 9.56. The van der Waals surface area contributed by atoms with Gasteiger partial charge in [-0.1, -0.05) is 0 Å². The number of aliphatic hydroxyl groups is 1. The predicted octanol–water partition coefficient (Wildman–Crippen LogP) is -10.2. The van der Waals surface area contributed by atoms with Gasteiger partial charge in [0.2, 0.25) is 0 Å². The van der Waals surface area contributed by atoms with E-state index in [1.165, 1.54) is 0 Å². The fraction of sp³-hybridized carbons (Fsp3) is 0.667. The van der Waals surface area contributed by atoms with Gasteiger partial charge in [0.05, 0.1) is 11.9 Å². The first kappa shape index (κ1) is 20.3. The van der Waals surface area contributed by atoms with Gasteiger partial charge < -0.3 is 30.2 Å². The van der Waals surface area contributed by atoms with E-state index < -0.39 is 24.5 Å². The second kappa shape index (κ2) is 11.9. The molecule has 0 aromatic carbocycles. The summed E-state index contributed by atoms with van der Waals surface area (Å²) in [6.07, 6.45) is -0.0877.